The van der Waals surface area contributed by atoms with Crippen LogP contribution in [-0.4, -0.2) is 35.6 Å². The highest BCUT2D eigenvalue weighted by Crippen LogP contribution is 2.25. The molecule has 0 heterocycles. The van der Waals surface area contributed by atoms with Gasteiger partial charge >= 0.3 is 0 Å². The van der Waals surface area contributed by atoms with Gasteiger partial charge in [0.25, 0.3) is 5.91 Å². The van der Waals surface area contributed by atoms with Crippen molar-refractivity contribution in [1.29, 1.82) is 0 Å². The van der Waals surface area contributed by atoms with Gasteiger partial charge in [-0.25, -0.2) is 4.39 Å². The molecule has 106 valence electrons. The van der Waals surface area contributed by atoms with Gasteiger partial charge in [-0.15, -0.1) is 0 Å². The lowest BCUT2D eigenvalue weighted by molar-refractivity contribution is 0.0647. The van der Waals surface area contributed by atoms with Crippen molar-refractivity contribution in [3.63, 3.8) is 0 Å². The molecule has 1 N–H and O–H groups in total. The normalized spacial score (nSPS) is 14.2. The monoisotopic (exact) mass is 275 g/mol. The van der Waals surface area contributed by atoms with Crippen molar-refractivity contribution in [3.05, 3.63) is 35.1 Å². The van der Waals surface area contributed by atoms with Gasteiger partial charge in [0, 0.05) is 25.1 Å². The van der Waals surface area contributed by atoms with E-state index in [0.29, 0.717) is 12.0 Å². The summed E-state index contributed by atoms with van der Waals surface area (Å²) in [7, 11) is 1.72. The minimum absolute atomic E-state index is 0.00952. The fourth-order valence-corrected chi connectivity index (χ4v) is 2.12. The second kappa shape index (κ2) is 6.53. The summed E-state index contributed by atoms with van der Waals surface area (Å²) < 4.78 is 13.8. The Morgan fingerprint density at radius 2 is 2.25 bits per heavy atom. The molecule has 0 aliphatic heterocycles. The molecule has 0 radical (unpaired) electrons. The highest BCUT2D eigenvalue weighted by Gasteiger charge is 2.27. The number of rotatable bonds is 3. The second-order valence-corrected chi connectivity index (χ2v) is 4.97. The summed E-state index contributed by atoms with van der Waals surface area (Å²) in [5, 5.41) is 8.68. The zero-order chi connectivity index (χ0) is 14.5. The molecule has 2 rings (SSSR count). The van der Waals surface area contributed by atoms with Crippen molar-refractivity contribution < 1.29 is 14.3 Å². The van der Waals surface area contributed by atoms with Gasteiger partial charge in [0.2, 0.25) is 0 Å². The van der Waals surface area contributed by atoms with E-state index >= 15 is 0 Å². The number of carbonyl (C=O) groups is 1. The lowest BCUT2D eigenvalue weighted by Gasteiger charge is -2.34. The van der Waals surface area contributed by atoms with Crippen LogP contribution in [0.4, 0.5) is 4.39 Å². The molecule has 1 saturated carbocycles. The molecule has 0 atom stereocenters. The number of amides is 1. The highest BCUT2D eigenvalue weighted by atomic mass is 19.1. The smallest absolute Gasteiger partial charge is 0.256 e. The molecule has 3 nitrogen and oxygen atoms in total. The van der Waals surface area contributed by atoms with Crippen molar-refractivity contribution in [2.45, 2.75) is 31.7 Å². The molecule has 0 saturated heterocycles. The first kappa shape index (κ1) is 14.5. The Labute approximate surface area is 118 Å². The fraction of sp³-hybridized carbons (Fsp3) is 0.438. The predicted molar refractivity (Wildman–Crippen MR) is 74.7 cm³/mol. The third kappa shape index (κ3) is 3.17. The molecule has 4 heteroatoms. The van der Waals surface area contributed by atoms with Gasteiger partial charge in [0.15, 0.2) is 0 Å². The zero-order valence-electron chi connectivity index (χ0n) is 11.5. The molecule has 1 aliphatic rings. The van der Waals surface area contributed by atoms with E-state index in [4.69, 9.17) is 5.11 Å². The Hall–Kier alpha value is -1.86. The maximum absolute atomic E-state index is 13.8. The number of halogens is 1. The average molecular weight is 275 g/mol. The molecule has 0 aromatic heterocycles. The van der Waals surface area contributed by atoms with Gasteiger partial charge in [-0.3, -0.25) is 4.79 Å². The fourth-order valence-electron chi connectivity index (χ4n) is 2.12. The van der Waals surface area contributed by atoms with Crippen molar-refractivity contribution in [1.82, 2.24) is 4.90 Å². The summed E-state index contributed by atoms with van der Waals surface area (Å²) in [4.78, 5) is 13.9. The van der Waals surface area contributed by atoms with E-state index in [9.17, 15) is 9.18 Å². The van der Waals surface area contributed by atoms with E-state index in [1.54, 1.807) is 18.0 Å². The molecule has 1 amide bonds. The molecule has 1 aromatic carbocycles. The molecule has 20 heavy (non-hydrogen) atoms. The van der Waals surface area contributed by atoms with Crippen molar-refractivity contribution >= 4 is 5.91 Å². The van der Waals surface area contributed by atoms with Crippen molar-refractivity contribution in [2.24, 2.45) is 0 Å². The van der Waals surface area contributed by atoms with Crippen LogP contribution in [0.25, 0.3) is 0 Å². The van der Waals surface area contributed by atoms with Crippen LogP contribution >= 0.6 is 0 Å². The summed E-state index contributed by atoms with van der Waals surface area (Å²) >= 11 is 0. The molecule has 1 aliphatic carbocycles. The molecule has 0 spiro atoms. The largest absolute Gasteiger partial charge is 0.395 e. The van der Waals surface area contributed by atoms with Gasteiger partial charge < -0.3 is 10.0 Å². The summed E-state index contributed by atoms with van der Waals surface area (Å²) in [5.41, 5.74) is 0.653. The first-order valence-corrected chi connectivity index (χ1v) is 6.80. The van der Waals surface area contributed by atoms with E-state index in [0.717, 1.165) is 19.3 Å². The topological polar surface area (TPSA) is 40.5 Å². The third-order valence-electron chi connectivity index (χ3n) is 3.61. The molecule has 1 fully saturated rings. The van der Waals surface area contributed by atoms with Crippen LogP contribution in [0, 0.1) is 17.7 Å². The minimum Gasteiger partial charge on any atom is -0.395 e. The van der Waals surface area contributed by atoms with Gasteiger partial charge in [-0.2, -0.15) is 0 Å². The summed E-state index contributed by atoms with van der Waals surface area (Å²) in [5.74, 6) is 4.77. The van der Waals surface area contributed by atoms with E-state index < -0.39 is 5.82 Å². The Kier molecular flexibility index (Phi) is 4.75. The first-order chi connectivity index (χ1) is 9.63. The van der Waals surface area contributed by atoms with E-state index in [2.05, 4.69) is 11.8 Å². The lowest BCUT2D eigenvalue weighted by Crippen LogP contribution is -2.41. The van der Waals surface area contributed by atoms with Crippen LogP contribution in [0.3, 0.4) is 0 Å². The quantitative estimate of drug-likeness (QED) is 0.859. The second-order valence-electron chi connectivity index (χ2n) is 4.97. The van der Waals surface area contributed by atoms with Crippen LogP contribution < -0.4 is 0 Å². The van der Waals surface area contributed by atoms with Gasteiger partial charge in [-0.1, -0.05) is 11.8 Å². The standard InChI is InChI=1S/C16H18FNO2/c1-18(13-6-4-7-13)16(20)14-11-12(5-2-3-10-19)8-9-15(14)17/h8-9,11,13,19H,3-4,6-7,10H2,1H3. The highest BCUT2D eigenvalue weighted by molar-refractivity contribution is 5.95. The molecule has 1 aromatic rings. The Bertz CT molecular complexity index is 555. The SMILES string of the molecule is CN(C(=O)c1cc(C#CCCO)ccc1F)C1CCC1. The lowest BCUT2D eigenvalue weighted by atomic mass is 9.91. The minimum atomic E-state index is -0.520. The predicted octanol–water partition coefficient (Wildman–Crippen LogP) is 2.18. The average Bonchev–Trinajstić information content (AvgIpc) is 2.38. The number of nitrogens with zero attached hydrogens (tertiary/aromatic N) is 1. The number of hydrogen-bond donors (Lipinski definition) is 1. The first-order valence-electron chi connectivity index (χ1n) is 6.80. The van der Waals surface area contributed by atoms with Crippen LogP contribution in [0.2, 0.25) is 0 Å². The van der Waals surface area contributed by atoms with Crippen LogP contribution in [0.1, 0.15) is 41.6 Å². The summed E-state index contributed by atoms with van der Waals surface area (Å²) in [6.07, 6.45) is 3.46. The Morgan fingerprint density at radius 1 is 1.50 bits per heavy atom. The zero-order valence-corrected chi connectivity index (χ0v) is 11.5. The van der Waals surface area contributed by atoms with Crippen molar-refractivity contribution in [3.8, 4) is 11.8 Å². The van der Waals surface area contributed by atoms with Crippen LogP contribution in [0.15, 0.2) is 18.2 Å². The molecular weight excluding hydrogens is 257 g/mol. The number of aliphatic hydroxyl groups is 1. The summed E-state index contributed by atoms with van der Waals surface area (Å²) in [6, 6.07) is 4.52. The number of benzene rings is 1. The number of hydrogen-bond acceptors (Lipinski definition) is 2. The van der Waals surface area contributed by atoms with Crippen LogP contribution in [0.5, 0.6) is 0 Å². The van der Waals surface area contributed by atoms with Gasteiger partial charge in [0.05, 0.1) is 12.2 Å². The van der Waals surface area contributed by atoms with E-state index in [1.165, 1.54) is 12.1 Å². The third-order valence-corrected chi connectivity index (χ3v) is 3.61. The van der Waals surface area contributed by atoms with Gasteiger partial charge in [-0.05, 0) is 37.5 Å². The Balaban J connectivity index is 2.19. The van der Waals surface area contributed by atoms with E-state index in [-0.39, 0.29) is 24.1 Å². The molecular formula is C16H18FNO2. The number of aliphatic hydroxyl groups excluding tert-OH is 1. The summed E-state index contributed by atoms with van der Waals surface area (Å²) in [6.45, 7) is -0.00952. The Morgan fingerprint density at radius 3 is 2.85 bits per heavy atom. The number of carbonyl (C=O) groups excluding carboxylic acids is 1. The van der Waals surface area contributed by atoms with Crippen molar-refractivity contribution in [2.75, 3.05) is 13.7 Å². The maximum Gasteiger partial charge on any atom is 0.256 e. The van der Waals surface area contributed by atoms with E-state index in [1.807, 2.05) is 0 Å². The molecule has 0 bridgehead atoms. The molecule has 0 unspecified atom stereocenters. The maximum atomic E-state index is 13.8. The van der Waals surface area contributed by atoms with Crippen LogP contribution in [-0.2, 0) is 0 Å². The van der Waals surface area contributed by atoms with Gasteiger partial charge in [0.1, 0.15) is 5.82 Å².